The number of benzene rings is 1. The summed E-state index contributed by atoms with van der Waals surface area (Å²) in [5.74, 6) is 0.168. The second-order valence-electron chi connectivity index (χ2n) is 9.52. The van der Waals surface area contributed by atoms with E-state index in [1.807, 2.05) is 4.90 Å². The van der Waals surface area contributed by atoms with Crippen LogP contribution in [0.25, 0.3) is 0 Å². The van der Waals surface area contributed by atoms with Crippen molar-refractivity contribution in [3.05, 3.63) is 35.6 Å². The second-order valence-corrected chi connectivity index (χ2v) is 9.52. The molecule has 2 heterocycles. The number of likely N-dealkylation sites (tertiary alicyclic amines) is 1. The van der Waals surface area contributed by atoms with Crippen LogP contribution in [0.3, 0.4) is 0 Å². The summed E-state index contributed by atoms with van der Waals surface area (Å²) in [6, 6.07) is 5.64. The molecule has 2 saturated heterocycles. The predicted octanol–water partition coefficient (Wildman–Crippen LogP) is 2.74. The van der Waals surface area contributed by atoms with Crippen LogP contribution in [0.1, 0.15) is 55.3 Å². The van der Waals surface area contributed by atoms with Crippen LogP contribution in [0, 0.1) is 11.7 Å². The van der Waals surface area contributed by atoms with Crippen molar-refractivity contribution >= 4 is 11.8 Å². The summed E-state index contributed by atoms with van der Waals surface area (Å²) >= 11 is 0. The first-order valence-corrected chi connectivity index (χ1v) is 12.4. The standard InChI is InChI=1S/C25H37FN4O2/c26-22-10-8-21(9-11-22)25(32)30-18-16-29(17-19-30)23(20-6-2-3-7-20)24(31)27-12-15-28-13-4-1-5-14-28/h8-11,20,23H,1-7,12-19H2,(H,27,31)/t23-/m1/s1. The normalized spacial score (nSPS) is 22.1. The zero-order valence-electron chi connectivity index (χ0n) is 19.1. The summed E-state index contributed by atoms with van der Waals surface area (Å²) in [4.78, 5) is 32.6. The van der Waals surface area contributed by atoms with Crippen molar-refractivity contribution < 1.29 is 14.0 Å². The fourth-order valence-electron chi connectivity index (χ4n) is 5.55. The zero-order valence-corrected chi connectivity index (χ0v) is 19.1. The van der Waals surface area contributed by atoms with Crippen molar-refractivity contribution in [2.45, 2.75) is 51.0 Å². The van der Waals surface area contributed by atoms with Gasteiger partial charge >= 0.3 is 0 Å². The Bertz CT molecular complexity index is 752. The van der Waals surface area contributed by atoms with Crippen molar-refractivity contribution in [2.75, 3.05) is 52.4 Å². The smallest absolute Gasteiger partial charge is 0.253 e. The number of halogens is 1. The Kier molecular flexibility index (Phi) is 8.14. The molecule has 2 aliphatic heterocycles. The lowest BCUT2D eigenvalue weighted by Crippen LogP contribution is -2.58. The molecule has 0 unspecified atom stereocenters. The number of amides is 2. The molecule has 3 aliphatic rings. The van der Waals surface area contributed by atoms with Gasteiger partial charge in [0, 0.05) is 44.8 Å². The summed E-state index contributed by atoms with van der Waals surface area (Å²) in [5, 5.41) is 3.23. The van der Waals surface area contributed by atoms with Crippen LogP contribution in [-0.2, 0) is 4.79 Å². The Labute approximate surface area is 191 Å². The summed E-state index contributed by atoms with van der Waals surface area (Å²) in [7, 11) is 0. The highest BCUT2D eigenvalue weighted by molar-refractivity contribution is 5.94. The Morgan fingerprint density at radius 2 is 1.56 bits per heavy atom. The lowest BCUT2D eigenvalue weighted by Gasteiger charge is -2.41. The van der Waals surface area contributed by atoms with E-state index in [9.17, 15) is 14.0 Å². The Morgan fingerprint density at radius 1 is 0.906 bits per heavy atom. The molecule has 0 bridgehead atoms. The first-order chi connectivity index (χ1) is 15.6. The number of carbonyl (C=O) groups is 2. The van der Waals surface area contributed by atoms with Gasteiger partial charge in [-0.1, -0.05) is 19.3 Å². The third kappa shape index (κ3) is 5.87. The number of carbonyl (C=O) groups excluding carboxylic acids is 2. The maximum absolute atomic E-state index is 13.3. The fraction of sp³-hybridized carbons (Fsp3) is 0.680. The maximum Gasteiger partial charge on any atom is 0.253 e. The monoisotopic (exact) mass is 444 g/mol. The quantitative estimate of drug-likeness (QED) is 0.703. The molecule has 1 aromatic carbocycles. The maximum atomic E-state index is 13.3. The van der Waals surface area contributed by atoms with Gasteiger partial charge in [0.15, 0.2) is 0 Å². The largest absolute Gasteiger partial charge is 0.353 e. The van der Waals surface area contributed by atoms with Gasteiger partial charge in [-0.05, 0) is 69.0 Å². The highest BCUT2D eigenvalue weighted by Gasteiger charge is 2.37. The Hall–Kier alpha value is -1.99. The molecule has 6 nitrogen and oxygen atoms in total. The van der Waals surface area contributed by atoms with Crippen molar-refractivity contribution in [3.63, 3.8) is 0 Å². The summed E-state index contributed by atoms with van der Waals surface area (Å²) < 4.78 is 13.2. The number of piperazine rings is 1. The molecule has 0 spiro atoms. The van der Waals surface area contributed by atoms with Gasteiger partial charge < -0.3 is 15.1 Å². The molecule has 1 atom stereocenters. The average molecular weight is 445 g/mol. The fourth-order valence-corrected chi connectivity index (χ4v) is 5.55. The van der Waals surface area contributed by atoms with Gasteiger partial charge in [0.2, 0.25) is 5.91 Å². The lowest BCUT2D eigenvalue weighted by atomic mass is 9.95. The molecular weight excluding hydrogens is 407 g/mol. The van der Waals surface area contributed by atoms with Crippen molar-refractivity contribution in [1.29, 1.82) is 0 Å². The molecule has 176 valence electrons. The zero-order chi connectivity index (χ0) is 22.3. The highest BCUT2D eigenvalue weighted by atomic mass is 19.1. The molecule has 32 heavy (non-hydrogen) atoms. The van der Waals surface area contributed by atoms with E-state index >= 15 is 0 Å². The van der Waals surface area contributed by atoms with E-state index in [-0.39, 0.29) is 23.7 Å². The van der Waals surface area contributed by atoms with Crippen LogP contribution in [-0.4, -0.2) is 84.9 Å². The SMILES string of the molecule is O=C(NCCN1CCCCC1)[C@@H](C1CCCC1)N1CCN(C(=O)c2ccc(F)cc2)CC1. The summed E-state index contributed by atoms with van der Waals surface area (Å²) in [6.07, 6.45) is 8.47. The number of nitrogens with zero attached hydrogens (tertiary/aromatic N) is 3. The van der Waals surface area contributed by atoms with E-state index in [1.165, 1.54) is 44.2 Å². The third-order valence-electron chi connectivity index (χ3n) is 7.38. The van der Waals surface area contributed by atoms with Crippen molar-refractivity contribution in [2.24, 2.45) is 5.92 Å². The number of rotatable bonds is 7. The van der Waals surface area contributed by atoms with Crippen molar-refractivity contribution in [3.8, 4) is 0 Å². The molecule has 4 rings (SSSR count). The average Bonchev–Trinajstić information content (AvgIpc) is 3.35. The van der Waals surface area contributed by atoms with E-state index in [0.717, 1.165) is 32.5 Å². The molecule has 3 fully saturated rings. The molecule has 1 aromatic rings. The van der Waals surface area contributed by atoms with Crippen LogP contribution in [0.15, 0.2) is 24.3 Å². The van der Waals surface area contributed by atoms with Gasteiger partial charge in [-0.25, -0.2) is 4.39 Å². The second kappa shape index (κ2) is 11.2. The molecule has 1 aliphatic carbocycles. The number of hydrogen-bond donors (Lipinski definition) is 1. The van der Waals surface area contributed by atoms with E-state index < -0.39 is 0 Å². The Balaban J connectivity index is 1.31. The van der Waals surface area contributed by atoms with E-state index in [0.29, 0.717) is 44.2 Å². The van der Waals surface area contributed by atoms with Crippen molar-refractivity contribution in [1.82, 2.24) is 20.0 Å². The third-order valence-corrected chi connectivity index (χ3v) is 7.38. The van der Waals surface area contributed by atoms with E-state index in [2.05, 4.69) is 15.1 Å². The van der Waals surface area contributed by atoms with E-state index in [4.69, 9.17) is 0 Å². The van der Waals surface area contributed by atoms with Crippen LogP contribution in [0.2, 0.25) is 0 Å². The van der Waals surface area contributed by atoms with Crippen LogP contribution < -0.4 is 5.32 Å². The predicted molar refractivity (Wildman–Crippen MR) is 123 cm³/mol. The molecule has 0 aromatic heterocycles. The summed E-state index contributed by atoms with van der Waals surface area (Å²) in [6.45, 7) is 6.54. The van der Waals surface area contributed by atoms with Gasteiger partial charge in [0.05, 0.1) is 6.04 Å². The molecule has 2 amide bonds. The van der Waals surface area contributed by atoms with Crippen LogP contribution >= 0.6 is 0 Å². The highest BCUT2D eigenvalue weighted by Crippen LogP contribution is 2.31. The van der Waals surface area contributed by atoms with E-state index in [1.54, 1.807) is 12.1 Å². The van der Waals surface area contributed by atoms with Gasteiger partial charge in [-0.3, -0.25) is 14.5 Å². The minimum atomic E-state index is -0.336. The molecule has 1 N–H and O–H groups in total. The molecule has 7 heteroatoms. The van der Waals surface area contributed by atoms with Gasteiger partial charge in [0.1, 0.15) is 5.82 Å². The number of nitrogens with one attached hydrogen (secondary N) is 1. The van der Waals surface area contributed by atoms with Crippen LogP contribution in [0.4, 0.5) is 4.39 Å². The van der Waals surface area contributed by atoms with Gasteiger partial charge in [0.25, 0.3) is 5.91 Å². The first-order valence-electron chi connectivity index (χ1n) is 12.4. The minimum absolute atomic E-state index is 0.0620. The van der Waals surface area contributed by atoms with Gasteiger partial charge in [-0.15, -0.1) is 0 Å². The first kappa shape index (κ1) is 23.2. The molecule has 1 saturated carbocycles. The number of piperidine rings is 1. The Morgan fingerprint density at radius 3 is 2.22 bits per heavy atom. The minimum Gasteiger partial charge on any atom is -0.353 e. The molecular formula is C25H37FN4O2. The number of hydrogen-bond acceptors (Lipinski definition) is 4. The topological polar surface area (TPSA) is 55.9 Å². The summed E-state index contributed by atoms with van der Waals surface area (Å²) in [5.41, 5.74) is 0.516. The van der Waals surface area contributed by atoms with Gasteiger partial charge in [-0.2, -0.15) is 0 Å². The lowest BCUT2D eigenvalue weighted by molar-refractivity contribution is -0.129. The molecule has 0 radical (unpaired) electrons. The van der Waals surface area contributed by atoms with Crippen LogP contribution in [0.5, 0.6) is 0 Å².